The number of carbonyl (C=O) groups excluding carboxylic acids is 1. The maximum absolute atomic E-state index is 11.7. The zero-order valence-corrected chi connectivity index (χ0v) is 12.0. The van der Waals surface area contributed by atoms with Crippen molar-refractivity contribution in [1.29, 1.82) is 0 Å². The van der Waals surface area contributed by atoms with Crippen LogP contribution in [-0.4, -0.2) is 43.5 Å². The maximum atomic E-state index is 11.7. The van der Waals surface area contributed by atoms with Gasteiger partial charge < -0.3 is 15.5 Å². The molecule has 1 heterocycles. The first-order valence-corrected chi connectivity index (χ1v) is 6.90. The van der Waals surface area contributed by atoms with Crippen LogP contribution in [0.25, 0.3) is 0 Å². The lowest BCUT2D eigenvalue weighted by Gasteiger charge is -2.12. The second-order valence-electron chi connectivity index (χ2n) is 4.68. The van der Waals surface area contributed by atoms with Gasteiger partial charge in [0.05, 0.1) is 6.54 Å². The van der Waals surface area contributed by atoms with E-state index in [0.29, 0.717) is 12.6 Å². The molecular formula is C13H18BrN3O. The molecule has 1 atom stereocenters. The van der Waals surface area contributed by atoms with Crippen LogP contribution in [0.1, 0.15) is 6.42 Å². The number of nitrogens with zero attached hydrogens (tertiary/aromatic N) is 1. The zero-order valence-electron chi connectivity index (χ0n) is 10.4. The van der Waals surface area contributed by atoms with Crippen LogP contribution in [0.2, 0.25) is 0 Å². The summed E-state index contributed by atoms with van der Waals surface area (Å²) in [4.78, 5) is 14.0. The minimum atomic E-state index is 0.00637. The van der Waals surface area contributed by atoms with Gasteiger partial charge in [-0.15, -0.1) is 0 Å². The van der Waals surface area contributed by atoms with Crippen molar-refractivity contribution >= 4 is 27.5 Å². The van der Waals surface area contributed by atoms with Gasteiger partial charge in [0.15, 0.2) is 0 Å². The van der Waals surface area contributed by atoms with Crippen molar-refractivity contribution in [2.45, 2.75) is 12.5 Å². The highest BCUT2D eigenvalue weighted by Gasteiger charge is 2.19. The standard InChI is InChI=1S/C13H18BrN3O/c1-17-7-6-12(9-17)15-8-13(18)16-11-4-2-10(14)3-5-11/h2-5,12,15H,6-9H2,1H3,(H,16,18). The van der Waals surface area contributed by atoms with Crippen LogP contribution in [0.3, 0.4) is 0 Å². The fourth-order valence-electron chi connectivity index (χ4n) is 2.08. The lowest BCUT2D eigenvalue weighted by atomic mass is 10.2. The number of hydrogen-bond donors (Lipinski definition) is 2. The van der Waals surface area contributed by atoms with E-state index in [-0.39, 0.29) is 5.91 Å². The molecule has 1 aliphatic rings. The molecule has 2 N–H and O–H groups in total. The number of hydrogen-bond acceptors (Lipinski definition) is 3. The van der Waals surface area contributed by atoms with Gasteiger partial charge in [-0.05, 0) is 44.3 Å². The number of benzene rings is 1. The summed E-state index contributed by atoms with van der Waals surface area (Å²) in [6, 6.07) is 8.02. The van der Waals surface area contributed by atoms with Gasteiger partial charge in [0.25, 0.3) is 0 Å². The Hall–Kier alpha value is -0.910. The first-order chi connectivity index (χ1) is 8.63. The number of amides is 1. The van der Waals surface area contributed by atoms with Crippen LogP contribution in [-0.2, 0) is 4.79 Å². The van der Waals surface area contributed by atoms with E-state index in [1.807, 2.05) is 24.3 Å². The summed E-state index contributed by atoms with van der Waals surface area (Å²) < 4.78 is 1.01. The molecule has 0 aliphatic carbocycles. The quantitative estimate of drug-likeness (QED) is 0.889. The highest BCUT2D eigenvalue weighted by atomic mass is 79.9. The van der Waals surface area contributed by atoms with Crippen LogP contribution >= 0.6 is 15.9 Å². The van der Waals surface area contributed by atoms with Crippen molar-refractivity contribution in [1.82, 2.24) is 10.2 Å². The molecule has 0 bridgehead atoms. The van der Waals surface area contributed by atoms with Crippen molar-refractivity contribution in [2.75, 3.05) is 32.0 Å². The molecule has 2 rings (SSSR count). The molecule has 1 saturated heterocycles. The Bertz CT molecular complexity index is 407. The Morgan fingerprint density at radius 2 is 2.17 bits per heavy atom. The molecule has 98 valence electrons. The smallest absolute Gasteiger partial charge is 0.238 e. The van der Waals surface area contributed by atoms with E-state index in [1.165, 1.54) is 0 Å². The van der Waals surface area contributed by atoms with Crippen LogP contribution in [0, 0.1) is 0 Å². The molecule has 18 heavy (non-hydrogen) atoms. The molecule has 0 saturated carbocycles. The maximum Gasteiger partial charge on any atom is 0.238 e. The van der Waals surface area contributed by atoms with Crippen molar-refractivity contribution in [2.24, 2.45) is 0 Å². The van der Waals surface area contributed by atoms with Gasteiger partial charge in [0.1, 0.15) is 0 Å². The van der Waals surface area contributed by atoms with Gasteiger partial charge in [-0.2, -0.15) is 0 Å². The second-order valence-corrected chi connectivity index (χ2v) is 5.60. The van der Waals surface area contributed by atoms with Crippen LogP contribution < -0.4 is 10.6 Å². The minimum absolute atomic E-state index is 0.00637. The van der Waals surface area contributed by atoms with Crippen LogP contribution in [0.15, 0.2) is 28.7 Å². The summed E-state index contributed by atoms with van der Waals surface area (Å²) >= 11 is 3.36. The van der Waals surface area contributed by atoms with E-state index >= 15 is 0 Å². The van der Waals surface area contributed by atoms with Gasteiger partial charge in [-0.25, -0.2) is 0 Å². The topological polar surface area (TPSA) is 44.4 Å². The van der Waals surface area contributed by atoms with Crippen molar-refractivity contribution in [3.63, 3.8) is 0 Å². The summed E-state index contributed by atoms with van der Waals surface area (Å²) in [6.45, 7) is 2.49. The van der Waals surface area contributed by atoms with Gasteiger partial charge in [-0.3, -0.25) is 4.79 Å². The Labute approximate surface area is 116 Å². The minimum Gasteiger partial charge on any atom is -0.325 e. The number of likely N-dealkylation sites (tertiary alicyclic amines) is 1. The predicted molar refractivity (Wildman–Crippen MR) is 76.7 cm³/mol. The van der Waals surface area contributed by atoms with Crippen LogP contribution in [0.4, 0.5) is 5.69 Å². The molecule has 5 heteroatoms. The SMILES string of the molecule is CN1CCC(NCC(=O)Nc2ccc(Br)cc2)C1. The predicted octanol–water partition coefficient (Wildman–Crippen LogP) is 1.68. The molecule has 0 aromatic heterocycles. The highest BCUT2D eigenvalue weighted by molar-refractivity contribution is 9.10. The van der Waals surface area contributed by atoms with Crippen molar-refractivity contribution in [3.8, 4) is 0 Å². The molecule has 1 aromatic carbocycles. The number of halogens is 1. The highest BCUT2D eigenvalue weighted by Crippen LogP contribution is 2.13. The molecule has 1 aromatic rings. The summed E-state index contributed by atoms with van der Waals surface area (Å²) in [5.41, 5.74) is 0.827. The van der Waals surface area contributed by atoms with Gasteiger partial charge >= 0.3 is 0 Å². The Kier molecular flexibility index (Phi) is 4.74. The Morgan fingerprint density at radius 3 is 2.78 bits per heavy atom. The summed E-state index contributed by atoms with van der Waals surface area (Å²) in [5.74, 6) is 0.00637. The number of nitrogens with one attached hydrogen (secondary N) is 2. The van der Waals surface area contributed by atoms with E-state index in [9.17, 15) is 4.79 Å². The summed E-state index contributed by atoms with van der Waals surface area (Å²) in [7, 11) is 2.10. The van der Waals surface area contributed by atoms with Gasteiger partial charge in [0.2, 0.25) is 5.91 Å². The zero-order chi connectivity index (χ0) is 13.0. The fourth-order valence-corrected chi connectivity index (χ4v) is 2.34. The third-order valence-electron chi connectivity index (χ3n) is 3.07. The molecule has 4 nitrogen and oxygen atoms in total. The summed E-state index contributed by atoms with van der Waals surface area (Å²) in [6.07, 6.45) is 1.11. The van der Waals surface area contributed by atoms with E-state index in [0.717, 1.165) is 29.7 Å². The van der Waals surface area contributed by atoms with Crippen LogP contribution in [0.5, 0.6) is 0 Å². The monoisotopic (exact) mass is 311 g/mol. The second kappa shape index (κ2) is 6.31. The van der Waals surface area contributed by atoms with E-state index in [4.69, 9.17) is 0 Å². The molecular weight excluding hydrogens is 294 g/mol. The van der Waals surface area contributed by atoms with E-state index in [2.05, 4.69) is 38.5 Å². The molecule has 0 spiro atoms. The van der Waals surface area contributed by atoms with Gasteiger partial charge in [0, 0.05) is 22.7 Å². The average molecular weight is 312 g/mol. The molecule has 0 radical (unpaired) electrons. The Balaban J connectivity index is 1.73. The first kappa shape index (κ1) is 13.5. The Morgan fingerprint density at radius 1 is 1.44 bits per heavy atom. The average Bonchev–Trinajstić information content (AvgIpc) is 2.76. The van der Waals surface area contributed by atoms with Crippen molar-refractivity contribution in [3.05, 3.63) is 28.7 Å². The lowest BCUT2D eigenvalue weighted by Crippen LogP contribution is -2.37. The van der Waals surface area contributed by atoms with E-state index < -0.39 is 0 Å². The number of carbonyl (C=O) groups is 1. The molecule has 1 unspecified atom stereocenters. The van der Waals surface area contributed by atoms with E-state index in [1.54, 1.807) is 0 Å². The third-order valence-corrected chi connectivity index (χ3v) is 3.60. The molecule has 1 aliphatic heterocycles. The van der Waals surface area contributed by atoms with Gasteiger partial charge in [-0.1, -0.05) is 15.9 Å². The fraction of sp³-hybridized carbons (Fsp3) is 0.462. The van der Waals surface area contributed by atoms with Crippen molar-refractivity contribution < 1.29 is 4.79 Å². The molecule has 1 fully saturated rings. The number of likely N-dealkylation sites (N-methyl/N-ethyl adjacent to an activating group) is 1. The lowest BCUT2D eigenvalue weighted by molar-refractivity contribution is -0.115. The molecule has 1 amide bonds. The number of anilines is 1. The summed E-state index contributed by atoms with van der Waals surface area (Å²) in [5, 5.41) is 6.15. The third kappa shape index (κ3) is 4.08. The number of rotatable bonds is 4. The largest absolute Gasteiger partial charge is 0.325 e. The first-order valence-electron chi connectivity index (χ1n) is 6.11. The normalized spacial score (nSPS) is 20.0.